The van der Waals surface area contributed by atoms with Gasteiger partial charge in [0, 0.05) is 25.2 Å². The summed E-state index contributed by atoms with van der Waals surface area (Å²) in [5.74, 6) is 1.69. The third-order valence-electron chi connectivity index (χ3n) is 4.11. The van der Waals surface area contributed by atoms with Gasteiger partial charge in [-0.2, -0.15) is 0 Å². The van der Waals surface area contributed by atoms with E-state index in [0.29, 0.717) is 0 Å². The first-order valence-electron chi connectivity index (χ1n) is 6.12. The SMILES string of the molecule is CC(C)C1CNC2CCCC2CN1C. The second kappa shape index (κ2) is 4.19. The van der Waals surface area contributed by atoms with Gasteiger partial charge < -0.3 is 10.2 Å². The highest BCUT2D eigenvalue weighted by Crippen LogP contribution is 2.29. The molecule has 2 nitrogen and oxygen atoms in total. The standard InChI is InChI=1S/C12H24N2/c1-9(2)12-7-13-11-6-4-5-10(11)8-14(12)3/h9-13H,4-8H2,1-3H3. The molecule has 2 fully saturated rings. The van der Waals surface area contributed by atoms with Gasteiger partial charge in [0.25, 0.3) is 0 Å². The Morgan fingerprint density at radius 2 is 2.07 bits per heavy atom. The average Bonchev–Trinajstić information content (AvgIpc) is 2.47. The fraction of sp³-hybridized carbons (Fsp3) is 1.00. The summed E-state index contributed by atoms with van der Waals surface area (Å²) in [5, 5.41) is 3.76. The van der Waals surface area contributed by atoms with Crippen LogP contribution in [0.3, 0.4) is 0 Å². The van der Waals surface area contributed by atoms with E-state index in [0.717, 1.165) is 23.9 Å². The Bertz CT molecular complexity index is 191. The Kier molecular flexibility index (Phi) is 3.13. The van der Waals surface area contributed by atoms with Crippen LogP contribution in [0.15, 0.2) is 0 Å². The molecule has 0 bridgehead atoms. The van der Waals surface area contributed by atoms with Crippen LogP contribution < -0.4 is 5.32 Å². The van der Waals surface area contributed by atoms with Crippen LogP contribution in [0.25, 0.3) is 0 Å². The van der Waals surface area contributed by atoms with Crippen molar-refractivity contribution in [2.24, 2.45) is 11.8 Å². The minimum absolute atomic E-state index is 0.737. The van der Waals surface area contributed by atoms with Crippen LogP contribution in [0.1, 0.15) is 33.1 Å². The quantitative estimate of drug-likeness (QED) is 0.687. The highest BCUT2D eigenvalue weighted by atomic mass is 15.2. The van der Waals surface area contributed by atoms with E-state index in [1.165, 1.54) is 32.4 Å². The first-order chi connectivity index (χ1) is 6.68. The minimum atomic E-state index is 0.737. The molecule has 3 unspecified atom stereocenters. The zero-order valence-corrected chi connectivity index (χ0v) is 9.79. The molecule has 1 heterocycles. The van der Waals surface area contributed by atoms with Crippen LogP contribution >= 0.6 is 0 Å². The van der Waals surface area contributed by atoms with Crippen molar-refractivity contribution in [2.45, 2.75) is 45.2 Å². The van der Waals surface area contributed by atoms with Crippen LogP contribution in [-0.4, -0.2) is 37.1 Å². The lowest BCUT2D eigenvalue weighted by Crippen LogP contribution is -2.41. The van der Waals surface area contributed by atoms with Gasteiger partial charge >= 0.3 is 0 Å². The summed E-state index contributed by atoms with van der Waals surface area (Å²) in [6.07, 6.45) is 4.28. The third kappa shape index (κ3) is 1.96. The molecule has 0 spiro atoms. The number of hydrogen-bond donors (Lipinski definition) is 1. The van der Waals surface area contributed by atoms with Gasteiger partial charge in [0.1, 0.15) is 0 Å². The van der Waals surface area contributed by atoms with Gasteiger partial charge in [-0.25, -0.2) is 0 Å². The van der Waals surface area contributed by atoms with Gasteiger partial charge in [-0.1, -0.05) is 20.3 Å². The Morgan fingerprint density at radius 3 is 2.79 bits per heavy atom. The summed E-state index contributed by atoms with van der Waals surface area (Å²) in [7, 11) is 2.30. The molecule has 0 aromatic carbocycles. The topological polar surface area (TPSA) is 15.3 Å². The van der Waals surface area contributed by atoms with Gasteiger partial charge in [-0.15, -0.1) is 0 Å². The normalized spacial score (nSPS) is 39.9. The predicted octanol–water partition coefficient (Wildman–Crippen LogP) is 1.71. The van der Waals surface area contributed by atoms with Crippen molar-refractivity contribution < 1.29 is 0 Å². The van der Waals surface area contributed by atoms with Crippen LogP contribution in [0, 0.1) is 11.8 Å². The monoisotopic (exact) mass is 196 g/mol. The number of likely N-dealkylation sites (N-methyl/N-ethyl adjacent to an activating group) is 1. The van der Waals surface area contributed by atoms with Crippen molar-refractivity contribution in [2.75, 3.05) is 20.1 Å². The molecule has 2 aliphatic rings. The van der Waals surface area contributed by atoms with E-state index in [4.69, 9.17) is 0 Å². The van der Waals surface area contributed by atoms with E-state index < -0.39 is 0 Å². The second-order valence-corrected chi connectivity index (χ2v) is 5.46. The molecule has 1 aliphatic heterocycles. The zero-order valence-electron chi connectivity index (χ0n) is 9.79. The van der Waals surface area contributed by atoms with Crippen molar-refractivity contribution in [3.63, 3.8) is 0 Å². The Balaban J connectivity index is 2.01. The van der Waals surface area contributed by atoms with Gasteiger partial charge in [-0.3, -0.25) is 0 Å². The molecular weight excluding hydrogens is 172 g/mol. The van der Waals surface area contributed by atoms with Gasteiger partial charge in [0.2, 0.25) is 0 Å². The highest BCUT2D eigenvalue weighted by molar-refractivity contribution is 4.91. The van der Waals surface area contributed by atoms with Crippen molar-refractivity contribution >= 4 is 0 Å². The lowest BCUT2D eigenvalue weighted by Gasteiger charge is -2.29. The summed E-state index contributed by atoms with van der Waals surface area (Å²) in [5.41, 5.74) is 0. The predicted molar refractivity (Wildman–Crippen MR) is 60.4 cm³/mol. The smallest absolute Gasteiger partial charge is 0.0240 e. The maximum absolute atomic E-state index is 3.76. The summed E-state index contributed by atoms with van der Waals surface area (Å²) in [6, 6.07) is 1.56. The first-order valence-corrected chi connectivity index (χ1v) is 6.12. The van der Waals surface area contributed by atoms with Crippen LogP contribution in [-0.2, 0) is 0 Å². The molecule has 0 amide bonds. The first kappa shape index (κ1) is 10.4. The molecule has 14 heavy (non-hydrogen) atoms. The Morgan fingerprint density at radius 1 is 1.29 bits per heavy atom. The van der Waals surface area contributed by atoms with Crippen molar-refractivity contribution in [3.05, 3.63) is 0 Å². The fourth-order valence-electron chi connectivity index (χ4n) is 3.20. The maximum Gasteiger partial charge on any atom is 0.0240 e. The molecule has 2 heteroatoms. The molecule has 1 saturated carbocycles. The van der Waals surface area contributed by atoms with E-state index in [-0.39, 0.29) is 0 Å². The molecule has 0 radical (unpaired) electrons. The summed E-state index contributed by atoms with van der Waals surface area (Å²) >= 11 is 0. The number of nitrogens with one attached hydrogen (secondary N) is 1. The van der Waals surface area contributed by atoms with Crippen LogP contribution in [0.4, 0.5) is 0 Å². The highest BCUT2D eigenvalue weighted by Gasteiger charge is 2.33. The maximum atomic E-state index is 3.76. The largest absolute Gasteiger partial charge is 0.312 e. The molecule has 0 aromatic heterocycles. The molecule has 3 atom stereocenters. The molecule has 1 aliphatic carbocycles. The fourth-order valence-corrected chi connectivity index (χ4v) is 3.20. The van der Waals surface area contributed by atoms with E-state index in [2.05, 4.69) is 31.1 Å². The molecule has 2 rings (SSSR count). The van der Waals surface area contributed by atoms with Gasteiger partial charge in [0.15, 0.2) is 0 Å². The molecular formula is C12H24N2. The average molecular weight is 196 g/mol. The molecule has 1 N–H and O–H groups in total. The van der Waals surface area contributed by atoms with Crippen LogP contribution in [0.2, 0.25) is 0 Å². The number of fused-ring (bicyclic) bond motifs is 1. The summed E-state index contributed by atoms with van der Waals surface area (Å²) in [6.45, 7) is 7.17. The van der Waals surface area contributed by atoms with Crippen LogP contribution in [0.5, 0.6) is 0 Å². The summed E-state index contributed by atoms with van der Waals surface area (Å²) < 4.78 is 0. The Hall–Kier alpha value is -0.0800. The lowest BCUT2D eigenvalue weighted by molar-refractivity contribution is 0.187. The van der Waals surface area contributed by atoms with E-state index in [9.17, 15) is 0 Å². The molecule has 1 saturated heterocycles. The van der Waals surface area contributed by atoms with Crippen molar-refractivity contribution in [3.8, 4) is 0 Å². The molecule has 0 aromatic rings. The van der Waals surface area contributed by atoms with E-state index >= 15 is 0 Å². The van der Waals surface area contributed by atoms with Gasteiger partial charge in [-0.05, 0) is 31.7 Å². The molecule has 82 valence electrons. The minimum Gasteiger partial charge on any atom is -0.312 e. The van der Waals surface area contributed by atoms with E-state index in [1.54, 1.807) is 0 Å². The second-order valence-electron chi connectivity index (χ2n) is 5.46. The van der Waals surface area contributed by atoms with Crippen molar-refractivity contribution in [1.29, 1.82) is 0 Å². The number of hydrogen-bond acceptors (Lipinski definition) is 2. The van der Waals surface area contributed by atoms with Crippen molar-refractivity contribution in [1.82, 2.24) is 10.2 Å². The Labute approximate surface area is 88.1 Å². The lowest BCUT2D eigenvalue weighted by atomic mass is 10.0. The van der Waals surface area contributed by atoms with E-state index in [1.807, 2.05) is 0 Å². The summed E-state index contributed by atoms with van der Waals surface area (Å²) in [4.78, 5) is 2.58. The zero-order chi connectivity index (χ0) is 10.1. The number of nitrogens with zero attached hydrogens (tertiary/aromatic N) is 1. The number of rotatable bonds is 1. The third-order valence-corrected chi connectivity index (χ3v) is 4.11. The van der Waals surface area contributed by atoms with Gasteiger partial charge in [0.05, 0.1) is 0 Å².